The van der Waals surface area contributed by atoms with E-state index in [1.54, 1.807) is 31.2 Å². The second-order valence-corrected chi connectivity index (χ2v) is 4.51. The van der Waals surface area contributed by atoms with E-state index in [4.69, 9.17) is 9.57 Å². The maximum Gasteiger partial charge on any atom is 0.285 e. The van der Waals surface area contributed by atoms with E-state index in [1.807, 2.05) is 11.5 Å². The molecule has 1 unspecified atom stereocenters. The number of hydroxylamine groups is 1. The van der Waals surface area contributed by atoms with Crippen molar-refractivity contribution >= 4 is 23.2 Å². The van der Waals surface area contributed by atoms with Crippen LogP contribution in [0.15, 0.2) is 40.6 Å². The van der Waals surface area contributed by atoms with Crippen molar-refractivity contribution in [3.8, 4) is 0 Å². The summed E-state index contributed by atoms with van der Waals surface area (Å²) in [6, 6.07) is 8.83. The summed E-state index contributed by atoms with van der Waals surface area (Å²) in [5.41, 5.74) is 1.00. The van der Waals surface area contributed by atoms with Crippen molar-refractivity contribution in [3.05, 3.63) is 30.3 Å². The second kappa shape index (κ2) is 6.54. The molecule has 22 heavy (non-hydrogen) atoms. The fourth-order valence-corrected chi connectivity index (χ4v) is 2.17. The number of hydrazone groups is 1. The molecule has 1 aliphatic rings. The molecule has 1 aromatic carbocycles. The Morgan fingerprint density at radius 2 is 2.14 bits per heavy atom. The summed E-state index contributed by atoms with van der Waals surface area (Å²) >= 11 is 0. The van der Waals surface area contributed by atoms with Crippen molar-refractivity contribution in [1.82, 2.24) is 5.48 Å². The monoisotopic (exact) mass is 306 g/mol. The highest BCUT2D eigenvalue weighted by Gasteiger charge is 2.56. The van der Waals surface area contributed by atoms with Crippen molar-refractivity contribution in [2.75, 3.05) is 18.7 Å². The van der Waals surface area contributed by atoms with Crippen LogP contribution in [0.25, 0.3) is 0 Å². The zero-order valence-corrected chi connectivity index (χ0v) is 12.6. The predicted molar refractivity (Wildman–Crippen MR) is 80.8 cm³/mol. The van der Waals surface area contributed by atoms with Gasteiger partial charge in [0.1, 0.15) is 7.11 Å². The summed E-state index contributed by atoms with van der Waals surface area (Å²) in [6.45, 7) is 3.56. The van der Waals surface area contributed by atoms with Gasteiger partial charge in [0.15, 0.2) is 0 Å². The number of rotatable bonds is 5. The van der Waals surface area contributed by atoms with Crippen LogP contribution >= 0.6 is 0 Å². The van der Waals surface area contributed by atoms with Crippen LogP contribution in [0.1, 0.15) is 13.8 Å². The van der Waals surface area contributed by atoms with Gasteiger partial charge < -0.3 is 14.8 Å². The number of ether oxygens (including phenoxy) is 1. The molecule has 0 aromatic heterocycles. The maximum absolute atomic E-state index is 12.8. The van der Waals surface area contributed by atoms with Crippen molar-refractivity contribution in [1.29, 1.82) is 0 Å². The average Bonchev–Trinajstić information content (AvgIpc) is 2.82. The van der Waals surface area contributed by atoms with Gasteiger partial charge in [0.2, 0.25) is 11.4 Å². The van der Waals surface area contributed by atoms with Gasteiger partial charge >= 0.3 is 0 Å². The summed E-state index contributed by atoms with van der Waals surface area (Å²) in [6.07, 6.45) is 0. The number of hydrogen-bond donors (Lipinski definition) is 2. The van der Waals surface area contributed by atoms with Gasteiger partial charge in [-0.25, -0.2) is 0 Å². The molecule has 0 saturated carbocycles. The van der Waals surface area contributed by atoms with Crippen LogP contribution in [-0.2, 0) is 14.4 Å². The molecule has 0 radical (unpaired) electrons. The molecule has 8 heteroatoms. The minimum Gasteiger partial charge on any atom is -0.478 e. The normalized spacial score (nSPS) is 21.8. The Kier molecular flexibility index (Phi) is 4.74. The van der Waals surface area contributed by atoms with Gasteiger partial charge in [-0.15, -0.1) is 5.10 Å². The molecule has 1 atom stereocenters. The van der Waals surface area contributed by atoms with E-state index in [-0.39, 0.29) is 18.2 Å². The molecule has 0 aliphatic carbocycles. The van der Waals surface area contributed by atoms with Gasteiger partial charge in [-0.3, -0.25) is 4.79 Å². The first kappa shape index (κ1) is 15.9. The third-order valence-electron chi connectivity index (χ3n) is 3.25. The SMILES string of the molecule is CCOC1=NN(c2ccccc2)C(=O)C1(NO)C(C)=NOC. The molecule has 1 amide bonds. The fourth-order valence-electron chi connectivity index (χ4n) is 2.17. The molecule has 2 N–H and O–H groups in total. The molecule has 0 bridgehead atoms. The lowest BCUT2D eigenvalue weighted by atomic mass is 9.94. The number of para-hydroxylation sites is 1. The highest BCUT2D eigenvalue weighted by Crippen LogP contribution is 2.28. The average molecular weight is 306 g/mol. The lowest BCUT2D eigenvalue weighted by molar-refractivity contribution is -0.122. The van der Waals surface area contributed by atoms with Crippen LogP contribution in [0.4, 0.5) is 5.69 Å². The van der Waals surface area contributed by atoms with Crippen molar-refractivity contribution in [3.63, 3.8) is 0 Å². The molecule has 0 spiro atoms. The summed E-state index contributed by atoms with van der Waals surface area (Å²) in [5, 5.41) is 18.7. The number of benzene rings is 1. The highest BCUT2D eigenvalue weighted by atomic mass is 16.6. The lowest BCUT2D eigenvalue weighted by Gasteiger charge is -2.25. The standard InChI is InChI=1S/C14H18N4O4/c1-4-22-12-14(17-20,10(2)16-21-3)13(19)18(15-12)11-8-6-5-7-9-11/h5-9,17,20H,4H2,1-3H3. The first-order valence-electron chi connectivity index (χ1n) is 6.72. The summed E-state index contributed by atoms with van der Waals surface area (Å²) in [5.74, 6) is -0.535. The molecular formula is C14H18N4O4. The second-order valence-electron chi connectivity index (χ2n) is 4.51. The van der Waals surface area contributed by atoms with E-state index in [9.17, 15) is 10.0 Å². The van der Waals surface area contributed by atoms with Crippen molar-refractivity contribution in [2.24, 2.45) is 10.3 Å². The zero-order chi connectivity index (χ0) is 16.2. The molecule has 8 nitrogen and oxygen atoms in total. The molecule has 1 aliphatic heterocycles. The van der Waals surface area contributed by atoms with Crippen molar-refractivity contribution < 1.29 is 19.6 Å². The Morgan fingerprint density at radius 3 is 2.68 bits per heavy atom. The molecule has 2 rings (SSSR count). The number of hydrogen-bond acceptors (Lipinski definition) is 7. The van der Waals surface area contributed by atoms with Gasteiger partial charge in [-0.05, 0) is 26.0 Å². The maximum atomic E-state index is 12.8. The van der Waals surface area contributed by atoms with E-state index in [0.717, 1.165) is 5.01 Å². The molecule has 0 saturated heterocycles. The zero-order valence-electron chi connectivity index (χ0n) is 12.6. The van der Waals surface area contributed by atoms with Crippen LogP contribution in [0.2, 0.25) is 0 Å². The first-order chi connectivity index (χ1) is 10.6. The lowest BCUT2D eigenvalue weighted by Crippen LogP contribution is -2.62. The number of carbonyl (C=O) groups excluding carboxylic acids is 1. The first-order valence-corrected chi connectivity index (χ1v) is 6.72. The van der Waals surface area contributed by atoms with Crippen LogP contribution < -0.4 is 10.5 Å². The van der Waals surface area contributed by atoms with E-state index < -0.39 is 11.4 Å². The van der Waals surface area contributed by atoms with Crippen LogP contribution in [0.5, 0.6) is 0 Å². The predicted octanol–water partition coefficient (Wildman–Crippen LogP) is 1.12. The number of amides is 1. The summed E-state index contributed by atoms with van der Waals surface area (Å²) < 4.78 is 5.43. The molecular weight excluding hydrogens is 288 g/mol. The number of oxime groups is 1. The van der Waals surface area contributed by atoms with E-state index >= 15 is 0 Å². The van der Waals surface area contributed by atoms with Crippen LogP contribution in [0.3, 0.4) is 0 Å². The smallest absolute Gasteiger partial charge is 0.285 e. The van der Waals surface area contributed by atoms with E-state index in [0.29, 0.717) is 5.69 Å². The number of anilines is 1. The van der Waals surface area contributed by atoms with E-state index in [1.165, 1.54) is 14.0 Å². The van der Waals surface area contributed by atoms with Gasteiger partial charge in [0, 0.05) is 0 Å². The highest BCUT2D eigenvalue weighted by molar-refractivity contribution is 6.35. The number of nitrogens with zero attached hydrogens (tertiary/aromatic N) is 3. The molecule has 0 fully saturated rings. The minimum absolute atomic E-state index is 0.00431. The largest absolute Gasteiger partial charge is 0.478 e. The van der Waals surface area contributed by atoms with Gasteiger partial charge in [0.25, 0.3) is 5.91 Å². The quantitative estimate of drug-likeness (QED) is 0.628. The fraction of sp³-hybridized carbons (Fsp3) is 0.357. The summed E-state index contributed by atoms with van der Waals surface area (Å²) in [4.78, 5) is 17.5. The number of nitrogens with one attached hydrogen (secondary N) is 1. The van der Waals surface area contributed by atoms with Gasteiger partial charge in [-0.1, -0.05) is 23.4 Å². The Hall–Kier alpha value is -2.45. The summed E-state index contributed by atoms with van der Waals surface area (Å²) in [7, 11) is 1.35. The van der Waals surface area contributed by atoms with Crippen molar-refractivity contribution in [2.45, 2.75) is 19.4 Å². The molecule has 1 aromatic rings. The Labute approximate surface area is 128 Å². The van der Waals surface area contributed by atoms with Gasteiger partial charge in [-0.2, -0.15) is 10.5 Å². The van der Waals surface area contributed by atoms with Gasteiger partial charge in [0.05, 0.1) is 18.0 Å². The molecule has 1 heterocycles. The van der Waals surface area contributed by atoms with Crippen LogP contribution in [0, 0.1) is 0 Å². The number of carbonyl (C=O) groups is 1. The third kappa shape index (κ3) is 2.42. The Balaban J connectivity index is 2.52. The topological polar surface area (TPSA) is 95.8 Å². The van der Waals surface area contributed by atoms with E-state index in [2.05, 4.69) is 10.3 Å². The minimum atomic E-state index is -1.71. The van der Waals surface area contributed by atoms with Crippen LogP contribution in [-0.4, -0.2) is 42.0 Å². The Bertz CT molecular complexity index is 602. The third-order valence-corrected chi connectivity index (χ3v) is 3.25. The Morgan fingerprint density at radius 1 is 1.45 bits per heavy atom. The molecule has 118 valence electrons.